The average molecular weight is 318 g/mol. The Labute approximate surface area is 130 Å². The van der Waals surface area contributed by atoms with Crippen LogP contribution in [-0.2, 0) is 0 Å². The molecule has 0 aliphatic heterocycles. The molecule has 0 aliphatic carbocycles. The van der Waals surface area contributed by atoms with E-state index in [0.717, 1.165) is 27.0 Å². The van der Waals surface area contributed by atoms with Gasteiger partial charge in [0.15, 0.2) is 5.82 Å². The highest BCUT2D eigenvalue weighted by Gasteiger charge is 2.17. The molecule has 3 aromatic rings. The van der Waals surface area contributed by atoms with Crippen LogP contribution in [0.25, 0.3) is 21.6 Å². The van der Waals surface area contributed by atoms with Gasteiger partial charge in [-0.25, -0.2) is 9.97 Å². The number of aryl methyl sites for hydroxylation is 2. The second-order valence-corrected chi connectivity index (χ2v) is 6.18. The van der Waals surface area contributed by atoms with Gasteiger partial charge < -0.3 is 5.73 Å². The van der Waals surface area contributed by atoms with Crippen molar-refractivity contribution in [3.63, 3.8) is 0 Å². The van der Waals surface area contributed by atoms with Gasteiger partial charge >= 0.3 is 0 Å². The van der Waals surface area contributed by atoms with Gasteiger partial charge in [-0.15, -0.1) is 11.3 Å². The van der Waals surface area contributed by atoms with Crippen LogP contribution in [-0.4, -0.2) is 15.9 Å². The third-order valence-electron chi connectivity index (χ3n) is 3.30. The van der Waals surface area contributed by atoms with Crippen LogP contribution in [0.1, 0.15) is 20.9 Å². The lowest BCUT2D eigenvalue weighted by atomic mass is 10.1. The minimum Gasteiger partial charge on any atom is -0.365 e. The van der Waals surface area contributed by atoms with Crippen molar-refractivity contribution in [3.05, 3.63) is 45.4 Å². The summed E-state index contributed by atoms with van der Waals surface area (Å²) >= 11 is 7.20. The largest absolute Gasteiger partial charge is 0.365 e. The fourth-order valence-corrected chi connectivity index (χ4v) is 3.51. The van der Waals surface area contributed by atoms with Crippen molar-refractivity contribution in [1.29, 1.82) is 0 Å². The predicted molar refractivity (Wildman–Crippen MR) is 85.9 cm³/mol. The second-order valence-electron chi connectivity index (χ2n) is 4.74. The number of aromatic nitrogens is 2. The average Bonchev–Trinajstić information content (AvgIpc) is 2.77. The monoisotopic (exact) mass is 317 g/mol. The molecule has 0 bridgehead atoms. The zero-order valence-corrected chi connectivity index (χ0v) is 13.0. The van der Waals surface area contributed by atoms with Gasteiger partial charge in [-0.1, -0.05) is 11.6 Å². The summed E-state index contributed by atoms with van der Waals surface area (Å²) in [7, 11) is 0. The minimum absolute atomic E-state index is 0.428. The number of halogens is 1. The van der Waals surface area contributed by atoms with Crippen LogP contribution in [0, 0.1) is 13.8 Å². The molecule has 0 saturated heterocycles. The van der Waals surface area contributed by atoms with Crippen LogP contribution in [0.4, 0.5) is 0 Å². The zero-order chi connectivity index (χ0) is 15.1. The van der Waals surface area contributed by atoms with E-state index in [1.54, 1.807) is 12.1 Å². The summed E-state index contributed by atoms with van der Waals surface area (Å²) in [6.07, 6.45) is 0. The van der Waals surface area contributed by atoms with Crippen LogP contribution in [0.3, 0.4) is 0 Å². The molecule has 3 rings (SSSR count). The van der Waals surface area contributed by atoms with Crippen LogP contribution < -0.4 is 5.73 Å². The normalized spacial score (nSPS) is 11.0. The van der Waals surface area contributed by atoms with Crippen molar-refractivity contribution in [2.45, 2.75) is 13.8 Å². The van der Waals surface area contributed by atoms with Crippen LogP contribution >= 0.6 is 22.9 Å². The molecule has 6 heteroatoms. The lowest BCUT2D eigenvalue weighted by molar-refractivity contribution is 0.100. The lowest BCUT2D eigenvalue weighted by Crippen LogP contribution is -2.09. The molecule has 0 fully saturated rings. The van der Waals surface area contributed by atoms with E-state index in [4.69, 9.17) is 17.3 Å². The van der Waals surface area contributed by atoms with E-state index in [-0.39, 0.29) is 0 Å². The van der Waals surface area contributed by atoms with Crippen molar-refractivity contribution >= 4 is 39.1 Å². The molecule has 2 heterocycles. The van der Waals surface area contributed by atoms with E-state index in [0.29, 0.717) is 15.7 Å². The van der Waals surface area contributed by atoms with E-state index in [1.165, 1.54) is 11.3 Å². The minimum atomic E-state index is -0.428. The summed E-state index contributed by atoms with van der Waals surface area (Å²) in [5, 5.41) is 1.58. The van der Waals surface area contributed by atoms with Crippen molar-refractivity contribution in [2.24, 2.45) is 5.73 Å². The Balaban J connectivity index is 2.23. The predicted octanol–water partition coefficient (Wildman–Crippen LogP) is 3.73. The van der Waals surface area contributed by atoms with E-state index in [9.17, 15) is 4.79 Å². The standard InChI is InChI=1S/C15H12ClN3OS/c1-7-11-8(2)18-14(9-3-5-10(16)6-4-9)19-15(11)21-12(7)13(17)20/h3-6H,1-2H3,(H2,17,20). The first-order valence-electron chi connectivity index (χ1n) is 6.31. The SMILES string of the molecule is Cc1nc(-c2ccc(Cl)cc2)nc2sc(C(N)=O)c(C)c12. The molecule has 2 N–H and O–H groups in total. The summed E-state index contributed by atoms with van der Waals surface area (Å²) in [5.41, 5.74) is 7.98. The van der Waals surface area contributed by atoms with Gasteiger partial charge in [0.1, 0.15) is 4.83 Å². The zero-order valence-electron chi connectivity index (χ0n) is 11.5. The maximum atomic E-state index is 11.5. The maximum Gasteiger partial charge on any atom is 0.259 e. The Bertz CT molecular complexity index is 855. The number of nitrogens with two attached hydrogens (primary N) is 1. The molecule has 0 unspecified atom stereocenters. The fraction of sp³-hybridized carbons (Fsp3) is 0.133. The van der Waals surface area contributed by atoms with Crippen molar-refractivity contribution in [3.8, 4) is 11.4 Å². The number of thiophene rings is 1. The van der Waals surface area contributed by atoms with Gasteiger partial charge in [0.05, 0.1) is 10.6 Å². The highest BCUT2D eigenvalue weighted by atomic mass is 35.5. The van der Waals surface area contributed by atoms with Crippen molar-refractivity contribution in [1.82, 2.24) is 9.97 Å². The molecule has 0 saturated carbocycles. The lowest BCUT2D eigenvalue weighted by Gasteiger charge is -2.03. The molecule has 21 heavy (non-hydrogen) atoms. The van der Waals surface area contributed by atoms with Gasteiger partial charge in [-0.3, -0.25) is 4.79 Å². The Morgan fingerprint density at radius 3 is 2.48 bits per heavy atom. The van der Waals surface area contributed by atoms with Gasteiger partial charge in [-0.05, 0) is 43.7 Å². The van der Waals surface area contributed by atoms with Gasteiger partial charge in [0.25, 0.3) is 5.91 Å². The van der Waals surface area contributed by atoms with Crippen LogP contribution in [0.2, 0.25) is 5.02 Å². The van der Waals surface area contributed by atoms with Gasteiger partial charge in [0, 0.05) is 16.0 Å². The van der Waals surface area contributed by atoms with Crippen LogP contribution in [0.5, 0.6) is 0 Å². The number of benzene rings is 1. The van der Waals surface area contributed by atoms with Crippen molar-refractivity contribution < 1.29 is 4.79 Å². The van der Waals surface area contributed by atoms with Crippen molar-refractivity contribution in [2.75, 3.05) is 0 Å². The first-order valence-corrected chi connectivity index (χ1v) is 7.50. The summed E-state index contributed by atoms with van der Waals surface area (Å²) in [6, 6.07) is 7.35. The van der Waals surface area contributed by atoms with Gasteiger partial charge in [0.2, 0.25) is 0 Å². The fourth-order valence-electron chi connectivity index (χ4n) is 2.30. The summed E-state index contributed by atoms with van der Waals surface area (Å²) in [6.45, 7) is 3.78. The Morgan fingerprint density at radius 1 is 1.19 bits per heavy atom. The molecule has 1 amide bonds. The third kappa shape index (κ3) is 2.39. The topological polar surface area (TPSA) is 68.9 Å². The Morgan fingerprint density at radius 2 is 1.86 bits per heavy atom. The number of amides is 1. The Kier molecular flexibility index (Phi) is 3.39. The number of fused-ring (bicyclic) bond motifs is 1. The first-order chi connectivity index (χ1) is 9.97. The number of carbonyl (C=O) groups is 1. The van der Waals surface area contributed by atoms with Crippen LogP contribution in [0.15, 0.2) is 24.3 Å². The molecule has 0 atom stereocenters. The molecular weight excluding hydrogens is 306 g/mol. The molecule has 0 radical (unpaired) electrons. The quantitative estimate of drug-likeness (QED) is 0.783. The smallest absolute Gasteiger partial charge is 0.259 e. The number of rotatable bonds is 2. The maximum absolute atomic E-state index is 11.5. The number of hydrogen-bond donors (Lipinski definition) is 1. The molecule has 4 nitrogen and oxygen atoms in total. The highest BCUT2D eigenvalue weighted by Crippen LogP contribution is 2.32. The molecule has 1 aromatic carbocycles. The summed E-state index contributed by atoms with van der Waals surface area (Å²) in [5.74, 6) is 0.192. The summed E-state index contributed by atoms with van der Waals surface area (Å²) in [4.78, 5) is 21.9. The summed E-state index contributed by atoms with van der Waals surface area (Å²) < 4.78 is 0. The number of carbonyl (C=O) groups excluding carboxylic acids is 1. The van der Waals surface area contributed by atoms with E-state index in [1.807, 2.05) is 26.0 Å². The molecule has 2 aromatic heterocycles. The third-order valence-corrected chi connectivity index (χ3v) is 4.75. The molecule has 0 aliphatic rings. The number of hydrogen-bond acceptors (Lipinski definition) is 4. The number of primary amides is 1. The Hall–Kier alpha value is -1.98. The van der Waals surface area contributed by atoms with E-state index >= 15 is 0 Å². The molecule has 106 valence electrons. The molecular formula is C15H12ClN3OS. The van der Waals surface area contributed by atoms with Gasteiger partial charge in [-0.2, -0.15) is 0 Å². The number of nitrogens with zero attached hydrogens (tertiary/aromatic N) is 2. The molecule has 0 spiro atoms. The highest BCUT2D eigenvalue weighted by molar-refractivity contribution is 7.20. The first kappa shape index (κ1) is 14.0. The van der Waals surface area contributed by atoms with E-state index < -0.39 is 5.91 Å². The second kappa shape index (κ2) is 5.09. The van der Waals surface area contributed by atoms with E-state index in [2.05, 4.69) is 9.97 Å².